The third-order valence-electron chi connectivity index (χ3n) is 5.07. The summed E-state index contributed by atoms with van der Waals surface area (Å²) in [5.74, 6) is -0.278. The second-order valence-electron chi connectivity index (χ2n) is 6.68. The molecule has 0 fully saturated rings. The molecule has 0 saturated heterocycles. The lowest BCUT2D eigenvalue weighted by Crippen LogP contribution is -2.39. The minimum absolute atomic E-state index is 0.0685. The molecule has 1 amide bonds. The number of rotatable bonds is 7. The summed E-state index contributed by atoms with van der Waals surface area (Å²) in [5.41, 5.74) is 1.21. The number of hydrogen-bond acceptors (Lipinski definition) is 4. The van der Waals surface area contributed by atoms with Gasteiger partial charge in [0.15, 0.2) is 5.69 Å². The lowest BCUT2D eigenvalue weighted by molar-refractivity contribution is 0.0929. The van der Waals surface area contributed by atoms with Crippen LogP contribution < -0.4 is 10.9 Å². The molecule has 6 nitrogen and oxygen atoms in total. The maximum absolute atomic E-state index is 12.9. The second kappa shape index (κ2) is 8.80. The highest BCUT2D eigenvalue weighted by atomic mass is 16.2. The number of fused-ring (bicyclic) bond motifs is 1. The number of nitrogens with zero attached hydrogens (tertiary/aromatic N) is 3. The first kappa shape index (κ1) is 19.8. The van der Waals surface area contributed by atoms with Gasteiger partial charge in [-0.2, -0.15) is 5.10 Å². The van der Waals surface area contributed by atoms with Crippen molar-refractivity contribution in [1.82, 2.24) is 20.0 Å². The number of likely N-dealkylation sites (N-methyl/N-ethyl adjacent to an activating group) is 1. The van der Waals surface area contributed by atoms with Gasteiger partial charge in [0.25, 0.3) is 11.5 Å². The maximum Gasteiger partial charge on any atom is 0.274 e. The Labute approximate surface area is 164 Å². The Hall–Kier alpha value is -2.99. The molecule has 0 radical (unpaired) electrons. The Morgan fingerprint density at radius 1 is 1.04 bits per heavy atom. The van der Waals surface area contributed by atoms with Crippen LogP contribution in [0.4, 0.5) is 0 Å². The van der Waals surface area contributed by atoms with E-state index >= 15 is 0 Å². The number of benzene rings is 2. The number of carbonyl (C=O) groups excluding carboxylic acids is 1. The summed E-state index contributed by atoms with van der Waals surface area (Å²) < 4.78 is 1.22. The summed E-state index contributed by atoms with van der Waals surface area (Å²) in [6.45, 7) is 6.45. The molecule has 1 atom stereocenters. The van der Waals surface area contributed by atoms with E-state index < -0.39 is 0 Å². The largest absolute Gasteiger partial charge is 0.349 e. The van der Waals surface area contributed by atoms with E-state index in [4.69, 9.17) is 0 Å². The zero-order chi connectivity index (χ0) is 20.1. The molecule has 1 aromatic heterocycles. The first-order valence-electron chi connectivity index (χ1n) is 9.60. The molecule has 2 aromatic carbocycles. The summed E-state index contributed by atoms with van der Waals surface area (Å²) in [6, 6.07) is 17.3. The van der Waals surface area contributed by atoms with E-state index in [0.717, 1.165) is 18.7 Å². The molecule has 146 valence electrons. The Morgan fingerprint density at radius 2 is 1.64 bits per heavy atom. The zero-order valence-corrected chi connectivity index (χ0v) is 16.6. The van der Waals surface area contributed by atoms with Crippen LogP contribution in [0.1, 0.15) is 35.9 Å². The minimum atomic E-state index is -0.278. The zero-order valence-electron chi connectivity index (χ0n) is 16.6. The van der Waals surface area contributed by atoms with Gasteiger partial charge in [0.1, 0.15) is 0 Å². The number of nitrogens with one attached hydrogen (secondary N) is 1. The van der Waals surface area contributed by atoms with E-state index in [9.17, 15) is 9.59 Å². The summed E-state index contributed by atoms with van der Waals surface area (Å²) in [5, 5.41) is 8.31. The van der Waals surface area contributed by atoms with Gasteiger partial charge in [0, 0.05) is 19.0 Å². The molecule has 3 aromatic rings. The van der Waals surface area contributed by atoms with Gasteiger partial charge in [-0.3, -0.25) is 14.5 Å². The first-order valence-corrected chi connectivity index (χ1v) is 9.60. The van der Waals surface area contributed by atoms with Crippen LogP contribution in [-0.4, -0.2) is 40.2 Å². The van der Waals surface area contributed by atoms with Gasteiger partial charge in [-0.05, 0) is 24.7 Å². The summed E-state index contributed by atoms with van der Waals surface area (Å²) in [6.07, 6.45) is 0. The van der Waals surface area contributed by atoms with Crippen molar-refractivity contribution in [3.05, 3.63) is 76.2 Å². The molecule has 1 heterocycles. The smallest absolute Gasteiger partial charge is 0.274 e. The van der Waals surface area contributed by atoms with Crippen molar-refractivity contribution in [2.75, 3.05) is 19.6 Å². The lowest BCUT2D eigenvalue weighted by Gasteiger charge is -2.30. The molecular formula is C22H26N4O2. The monoisotopic (exact) mass is 378 g/mol. The number of aromatic nitrogens is 2. The highest BCUT2D eigenvalue weighted by Gasteiger charge is 2.21. The Balaban J connectivity index is 1.89. The van der Waals surface area contributed by atoms with E-state index in [2.05, 4.69) is 41.3 Å². The lowest BCUT2D eigenvalue weighted by atomic mass is 10.0. The molecule has 1 N–H and O–H groups in total. The van der Waals surface area contributed by atoms with Gasteiger partial charge >= 0.3 is 0 Å². The van der Waals surface area contributed by atoms with Crippen LogP contribution in [0.3, 0.4) is 0 Å². The minimum Gasteiger partial charge on any atom is -0.349 e. The fourth-order valence-electron chi connectivity index (χ4n) is 3.54. The topological polar surface area (TPSA) is 67.2 Å². The summed E-state index contributed by atoms with van der Waals surface area (Å²) in [4.78, 5) is 27.5. The summed E-state index contributed by atoms with van der Waals surface area (Å²) >= 11 is 0. The highest BCUT2D eigenvalue weighted by Crippen LogP contribution is 2.20. The van der Waals surface area contributed by atoms with E-state index in [-0.39, 0.29) is 23.2 Å². The van der Waals surface area contributed by atoms with Crippen LogP contribution in [0.5, 0.6) is 0 Å². The molecule has 6 heteroatoms. The van der Waals surface area contributed by atoms with Gasteiger partial charge in [-0.15, -0.1) is 0 Å². The third-order valence-corrected chi connectivity index (χ3v) is 5.07. The Morgan fingerprint density at radius 3 is 2.29 bits per heavy atom. The van der Waals surface area contributed by atoms with E-state index in [0.29, 0.717) is 17.3 Å². The van der Waals surface area contributed by atoms with Gasteiger partial charge in [0.2, 0.25) is 0 Å². The van der Waals surface area contributed by atoms with Gasteiger partial charge in [-0.1, -0.05) is 62.4 Å². The Kier molecular flexibility index (Phi) is 6.21. The average Bonchev–Trinajstić information content (AvgIpc) is 2.74. The SMILES string of the molecule is CCN(CC)[C@@H](CNC(=O)c1nn(C)c(=O)c2ccccc12)c1ccccc1. The van der Waals surface area contributed by atoms with Crippen LogP contribution in [0.15, 0.2) is 59.4 Å². The molecule has 0 spiro atoms. The van der Waals surface area contributed by atoms with Crippen molar-refractivity contribution >= 4 is 16.7 Å². The van der Waals surface area contributed by atoms with Crippen molar-refractivity contribution in [3.8, 4) is 0 Å². The molecule has 0 saturated carbocycles. The van der Waals surface area contributed by atoms with E-state index in [1.54, 1.807) is 25.2 Å². The van der Waals surface area contributed by atoms with Gasteiger partial charge < -0.3 is 5.32 Å². The normalized spacial score (nSPS) is 12.3. The third kappa shape index (κ3) is 3.97. The standard InChI is InChI=1S/C22H26N4O2/c1-4-26(5-2)19(16-11-7-6-8-12-16)15-23-21(27)20-17-13-9-10-14-18(17)22(28)25(3)24-20/h6-14,19H,4-5,15H2,1-3H3,(H,23,27)/t19-/m0/s1. The predicted octanol–water partition coefficient (Wildman–Crippen LogP) is 2.75. The number of hydrogen-bond donors (Lipinski definition) is 1. The molecule has 0 bridgehead atoms. The van der Waals surface area contributed by atoms with Crippen molar-refractivity contribution < 1.29 is 4.79 Å². The van der Waals surface area contributed by atoms with Crippen LogP contribution >= 0.6 is 0 Å². The van der Waals surface area contributed by atoms with E-state index in [1.165, 1.54) is 4.68 Å². The fourth-order valence-corrected chi connectivity index (χ4v) is 3.54. The van der Waals surface area contributed by atoms with Gasteiger partial charge in [0.05, 0.1) is 11.4 Å². The molecule has 28 heavy (non-hydrogen) atoms. The van der Waals surface area contributed by atoms with Crippen molar-refractivity contribution in [2.45, 2.75) is 19.9 Å². The molecule has 0 aliphatic rings. The van der Waals surface area contributed by atoms with Crippen LogP contribution in [0, 0.1) is 0 Å². The fraction of sp³-hybridized carbons (Fsp3) is 0.318. The van der Waals surface area contributed by atoms with Crippen LogP contribution in [0.2, 0.25) is 0 Å². The van der Waals surface area contributed by atoms with Crippen LogP contribution in [-0.2, 0) is 7.05 Å². The molecular weight excluding hydrogens is 352 g/mol. The number of carbonyl (C=O) groups is 1. The van der Waals surface area contributed by atoms with E-state index in [1.807, 2.05) is 24.3 Å². The van der Waals surface area contributed by atoms with Crippen molar-refractivity contribution in [1.29, 1.82) is 0 Å². The average molecular weight is 378 g/mol. The molecule has 0 aliphatic heterocycles. The predicted molar refractivity (Wildman–Crippen MR) is 111 cm³/mol. The summed E-state index contributed by atoms with van der Waals surface area (Å²) in [7, 11) is 1.56. The van der Waals surface area contributed by atoms with Crippen molar-refractivity contribution in [3.63, 3.8) is 0 Å². The van der Waals surface area contributed by atoms with Gasteiger partial charge in [-0.25, -0.2) is 4.68 Å². The quantitative estimate of drug-likeness (QED) is 0.686. The van der Waals surface area contributed by atoms with Crippen molar-refractivity contribution in [2.24, 2.45) is 7.05 Å². The maximum atomic E-state index is 12.9. The second-order valence-corrected chi connectivity index (χ2v) is 6.68. The van der Waals surface area contributed by atoms with Crippen LogP contribution in [0.25, 0.3) is 10.8 Å². The Bertz CT molecular complexity index is 1010. The molecule has 0 unspecified atom stereocenters. The first-order chi connectivity index (χ1) is 13.6. The molecule has 0 aliphatic carbocycles. The number of amides is 1. The highest BCUT2D eigenvalue weighted by molar-refractivity contribution is 6.04. The molecule has 3 rings (SSSR count). The number of aryl methyl sites for hydroxylation is 1.